The van der Waals surface area contributed by atoms with Gasteiger partial charge in [-0.1, -0.05) is 41.0 Å². The van der Waals surface area contributed by atoms with Gasteiger partial charge in [-0.3, -0.25) is 0 Å². The van der Waals surface area contributed by atoms with Gasteiger partial charge in [0.25, 0.3) is 0 Å². The summed E-state index contributed by atoms with van der Waals surface area (Å²) in [5.74, 6) is 1.05. The third-order valence-electron chi connectivity index (χ3n) is 4.79. The van der Waals surface area contributed by atoms with E-state index in [1.54, 1.807) is 0 Å². The molecule has 21 heavy (non-hydrogen) atoms. The van der Waals surface area contributed by atoms with Crippen LogP contribution in [0.3, 0.4) is 0 Å². The maximum absolute atomic E-state index is 4.70. The van der Waals surface area contributed by atoms with Crippen molar-refractivity contribution in [2.45, 2.75) is 65.3 Å². The number of aromatic amines is 1. The van der Waals surface area contributed by atoms with E-state index < -0.39 is 0 Å². The molecule has 1 fully saturated rings. The summed E-state index contributed by atoms with van der Waals surface area (Å²) in [5.41, 5.74) is 3.82. The summed E-state index contributed by atoms with van der Waals surface area (Å²) in [6.45, 7) is 11.3. The van der Waals surface area contributed by atoms with Crippen molar-refractivity contribution in [2.75, 3.05) is 5.32 Å². The van der Waals surface area contributed by atoms with Crippen LogP contribution in [0.1, 0.15) is 59.7 Å². The van der Waals surface area contributed by atoms with Gasteiger partial charge in [-0.25, -0.2) is 4.98 Å². The third-order valence-corrected chi connectivity index (χ3v) is 4.79. The second kappa shape index (κ2) is 4.75. The van der Waals surface area contributed by atoms with Crippen molar-refractivity contribution in [1.82, 2.24) is 9.97 Å². The van der Waals surface area contributed by atoms with Crippen LogP contribution in [-0.4, -0.2) is 16.0 Å². The smallest absolute Gasteiger partial charge is 0.112 e. The minimum atomic E-state index is 0.0556. The van der Waals surface area contributed by atoms with Crippen molar-refractivity contribution in [3.05, 3.63) is 24.0 Å². The van der Waals surface area contributed by atoms with Crippen LogP contribution in [-0.2, 0) is 5.41 Å². The number of nitrogens with zero attached hydrogens (tertiary/aromatic N) is 1. The van der Waals surface area contributed by atoms with Crippen molar-refractivity contribution in [3.63, 3.8) is 0 Å². The molecule has 2 N–H and O–H groups in total. The molecule has 1 saturated carbocycles. The van der Waals surface area contributed by atoms with Crippen molar-refractivity contribution in [1.29, 1.82) is 0 Å². The standard InChI is InChI=1S/C18H27N3/c1-17(2,3)16-20-13-9-8-12(11-14(13)21-16)19-15-7-6-10-18(15,4)5/h8-9,11,15,19H,6-7,10H2,1-5H3,(H,20,21). The van der Waals surface area contributed by atoms with Gasteiger partial charge in [0.2, 0.25) is 0 Å². The molecule has 3 rings (SSSR count). The summed E-state index contributed by atoms with van der Waals surface area (Å²) in [5, 5.41) is 3.72. The summed E-state index contributed by atoms with van der Waals surface area (Å²) in [6, 6.07) is 7.04. The number of benzene rings is 1. The topological polar surface area (TPSA) is 40.7 Å². The molecule has 1 aromatic heterocycles. The zero-order valence-electron chi connectivity index (χ0n) is 13.9. The van der Waals surface area contributed by atoms with Gasteiger partial charge >= 0.3 is 0 Å². The highest BCUT2D eigenvalue weighted by Crippen LogP contribution is 2.39. The third kappa shape index (κ3) is 2.78. The van der Waals surface area contributed by atoms with Crippen molar-refractivity contribution >= 4 is 16.7 Å². The maximum Gasteiger partial charge on any atom is 0.112 e. The average Bonchev–Trinajstić information content (AvgIpc) is 2.92. The molecule has 3 nitrogen and oxygen atoms in total. The normalized spacial score (nSPS) is 21.9. The first kappa shape index (κ1) is 14.4. The predicted octanol–water partition coefficient (Wildman–Crippen LogP) is 4.85. The molecule has 1 atom stereocenters. The van der Waals surface area contributed by atoms with Crippen LogP contribution in [0.2, 0.25) is 0 Å². The van der Waals surface area contributed by atoms with E-state index in [-0.39, 0.29) is 5.41 Å². The van der Waals surface area contributed by atoms with Gasteiger partial charge in [0.05, 0.1) is 11.0 Å². The van der Waals surface area contributed by atoms with Crippen LogP contribution in [0, 0.1) is 5.41 Å². The van der Waals surface area contributed by atoms with Gasteiger partial charge in [-0.2, -0.15) is 0 Å². The number of nitrogens with one attached hydrogen (secondary N) is 2. The average molecular weight is 285 g/mol. The Bertz CT molecular complexity index is 646. The quantitative estimate of drug-likeness (QED) is 0.828. The number of imidazole rings is 1. The first-order valence-corrected chi connectivity index (χ1v) is 8.02. The van der Waals surface area contributed by atoms with E-state index in [1.807, 2.05) is 0 Å². The van der Waals surface area contributed by atoms with E-state index in [4.69, 9.17) is 4.98 Å². The summed E-state index contributed by atoms with van der Waals surface area (Å²) < 4.78 is 0. The van der Waals surface area contributed by atoms with E-state index in [1.165, 1.54) is 24.9 Å². The molecular weight excluding hydrogens is 258 g/mol. The Morgan fingerprint density at radius 1 is 1.29 bits per heavy atom. The van der Waals surface area contributed by atoms with Gasteiger partial charge in [0.15, 0.2) is 0 Å². The SMILES string of the molecule is CC(C)(C)c1nc2ccc(NC3CCCC3(C)C)cc2[nH]1. The monoisotopic (exact) mass is 285 g/mol. The Kier molecular flexibility index (Phi) is 3.27. The van der Waals surface area contributed by atoms with Crippen LogP contribution in [0.5, 0.6) is 0 Å². The predicted molar refractivity (Wildman–Crippen MR) is 89.8 cm³/mol. The summed E-state index contributed by atoms with van der Waals surface area (Å²) in [7, 11) is 0. The zero-order valence-corrected chi connectivity index (χ0v) is 13.9. The highest BCUT2D eigenvalue weighted by molar-refractivity contribution is 5.79. The lowest BCUT2D eigenvalue weighted by Gasteiger charge is -2.28. The number of H-pyrrole nitrogens is 1. The summed E-state index contributed by atoms with van der Waals surface area (Å²) >= 11 is 0. The molecule has 0 saturated heterocycles. The Labute approximate surface area is 127 Å². The van der Waals surface area contributed by atoms with Gasteiger partial charge in [-0.15, -0.1) is 0 Å². The number of aromatic nitrogens is 2. The zero-order chi connectivity index (χ0) is 15.3. The maximum atomic E-state index is 4.70. The van der Waals surface area contributed by atoms with Gasteiger partial charge in [-0.05, 0) is 36.5 Å². The molecule has 2 aromatic rings. The Hall–Kier alpha value is -1.51. The Morgan fingerprint density at radius 3 is 2.67 bits per heavy atom. The van der Waals surface area contributed by atoms with E-state index in [0.29, 0.717) is 11.5 Å². The minimum absolute atomic E-state index is 0.0556. The highest BCUT2D eigenvalue weighted by Gasteiger charge is 2.34. The fourth-order valence-corrected chi connectivity index (χ4v) is 3.25. The highest BCUT2D eigenvalue weighted by atomic mass is 15.0. The fraction of sp³-hybridized carbons (Fsp3) is 0.611. The number of fused-ring (bicyclic) bond motifs is 1. The molecule has 114 valence electrons. The van der Waals surface area contributed by atoms with E-state index in [0.717, 1.165) is 16.9 Å². The second-order valence-electron chi connectivity index (χ2n) is 8.15. The lowest BCUT2D eigenvalue weighted by Crippen LogP contribution is -2.30. The molecule has 1 heterocycles. The van der Waals surface area contributed by atoms with Crippen LogP contribution in [0.25, 0.3) is 11.0 Å². The van der Waals surface area contributed by atoms with Crippen molar-refractivity contribution < 1.29 is 0 Å². The van der Waals surface area contributed by atoms with Crippen LogP contribution in [0.4, 0.5) is 5.69 Å². The van der Waals surface area contributed by atoms with Crippen LogP contribution >= 0.6 is 0 Å². The largest absolute Gasteiger partial charge is 0.382 e. The lowest BCUT2D eigenvalue weighted by atomic mass is 9.87. The van der Waals surface area contributed by atoms with E-state index >= 15 is 0 Å². The molecule has 0 radical (unpaired) electrons. The van der Waals surface area contributed by atoms with E-state index in [9.17, 15) is 0 Å². The minimum Gasteiger partial charge on any atom is -0.382 e. The van der Waals surface area contributed by atoms with Crippen molar-refractivity contribution in [2.24, 2.45) is 5.41 Å². The first-order valence-electron chi connectivity index (χ1n) is 8.02. The number of anilines is 1. The molecule has 3 heteroatoms. The number of hydrogen-bond donors (Lipinski definition) is 2. The Morgan fingerprint density at radius 2 is 2.05 bits per heavy atom. The first-order chi connectivity index (χ1) is 9.75. The van der Waals surface area contributed by atoms with Crippen LogP contribution < -0.4 is 5.32 Å². The molecular formula is C18H27N3. The summed E-state index contributed by atoms with van der Waals surface area (Å²) in [6.07, 6.45) is 3.90. The lowest BCUT2D eigenvalue weighted by molar-refractivity contribution is 0.350. The number of rotatable bonds is 2. The molecule has 0 aliphatic heterocycles. The van der Waals surface area contributed by atoms with Gasteiger partial charge in [0, 0.05) is 17.1 Å². The second-order valence-corrected chi connectivity index (χ2v) is 8.15. The molecule has 1 aliphatic rings. The molecule has 1 aliphatic carbocycles. The molecule has 0 amide bonds. The molecule has 1 unspecified atom stereocenters. The van der Waals surface area contributed by atoms with Gasteiger partial charge in [0.1, 0.15) is 5.82 Å². The molecule has 0 spiro atoms. The molecule has 1 aromatic carbocycles. The fourth-order valence-electron chi connectivity index (χ4n) is 3.25. The molecule has 0 bridgehead atoms. The van der Waals surface area contributed by atoms with E-state index in [2.05, 4.69) is 63.1 Å². The van der Waals surface area contributed by atoms with Gasteiger partial charge < -0.3 is 10.3 Å². The Balaban J connectivity index is 1.87. The number of hydrogen-bond acceptors (Lipinski definition) is 2. The van der Waals surface area contributed by atoms with Crippen molar-refractivity contribution in [3.8, 4) is 0 Å². The van der Waals surface area contributed by atoms with Crippen LogP contribution in [0.15, 0.2) is 18.2 Å². The summed E-state index contributed by atoms with van der Waals surface area (Å²) in [4.78, 5) is 8.17.